The number of benzene rings is 1. The van der Waals surface area contributed by atoms with E-state index in [1.807, 2.05) is 22.6 Å². The van der Waals surface area contributed by atoms with Gasteiger partial charge in [-0.2, -0.15) is 0 Å². The van der Waals surface area contributed by atoms with Gasteiger partial charge in [-0.05, 0) is 40.8 Å². The molecule has 11 heteroatoms. The Labute approximate surface area is 170 Å². The molecular weight excluding hydrogens is 490 g/mol. The van der Waals surface area contributed by atoms with Gasteiger partial charge in [-0.15, -0.1) is 11.3 Å². The molecule has 3 aromatic rings. The van der Waals surface area contributed by atoms with Crippen LogP contribution in [0.1, 0.15) is 9.67 Å². The third-order valence-electron chi connectivity index (χ3n) is 3.42. The van der Waals surface area contributed by atoms with E-state index >= 15 is 0 Å². The van der Waals surface area contributed by atoms with Crippen molar-refractivity contribution in [3.63, 3.8) is 0 Å². The van der Waals surface area contributed by atoms with Crippen molar-refractivity contribution >= 4 is 61.4 Å². The third-order valence-corrected chi connectivity index (χ3v) is 5.20. The summed E-state index contributed by atoms with van der Waals surface area (Å²) in [7, 11) is 0. The lowest BCUT2D eigenvalue weighted by Gasteiger charge is -2.11. The van der Waals surface area contributed by atoms with E-state index in [-0.39, 0.29) is 17.2 Å². The molecule has 142 valence electrons. The van der Waals surface area contributed by atoms with Crippen molar-refractivity contribution in [3.8, 4) is 0 Å². The highest BCUT2D eigenvalue weighted by Crippen LogP contribution is 2.36. The van der Waals surface area contributed by atoms with Crippen LogP contribution in [0.15, 0.2) is 30.7 Å². The first-order chi connectivity index (χ1) is 13.0. The number of amides is 1. The van der Waals surface area contributed by atoms with Crippen LogP contribution >= 0.6 is 33.9 Å². The van der Waals surface area contributed by atoms with E-state index in [0.717, 1.165) is 14.9 Å². The molecule has 1 atom stereocenters. The second-order valence-electron chi connectivity index (χ2n) is 5.38. The Kier molecular flexibility index (Phi) is 6.49. The van der Waals surface area contributed by atoms with E-state index < -0.39 is 24.4 Å². The molecule has 0 saturated carbocycles. The highest BCUT2D eigenvalue weighted by atomic mass is 127. The number of aliphatic hydroxyl groups excluding tert-OH is 2. The minimum Gasteiger partial charge on any atom is -0.394 e. The maximum atomic E-state index is 14.2. The van der Waals surface area contributed by atoms with Crippen molar-refractivity contribution in [1.29, 1.82) is 0 Å². The van der Waals surface area contributed by atoms with Crippen LogP contribution in [0.4, 0.5) is 15.8 Å². The highest BCUT2D eigenvalue weighted by Gasteiger charge is 2.21. The molecule has 2 heterocycles. The summed E-state index contributed by atoms with van der Waals surface area (Å²) >= 11 is 3.09. The Balaban J connectivity index is 1.90. The number of aliphatic hydroxyl groups is 2. The molecule has 27 heavy (non-hydrogen) atoms. The molecule has 3 rings (SSSR count). The van der Waals surface area contributed by atoms with Crippen molar-refractivity contribution in [1.82, 2.24) is 15.4 Å². The number of fused-ring (bicyclic) bond motifs is 1. The Morgan fingerprint density at radius 1 is 1.44 bits per heavy atom. The summed E-state index contributed by atoms with van der Waals surface area (Å²) in [6.07, 6.45) is 1.76. The number of anilines is 2. The van der Waals surface area contributed by atoms with Gasteiger partial charge in [-0.1, -0.05) is 0 Å². The zero-order valence-corrected chi connectivity index (χ0v) is 16.6. The Bertz CT molecular complexity index is 971. The molecule has 0 aliphatic carbocycles. The van der Waals surface area contributed by atoms with Crippen LogP contribution in [0.3, 0.4) is 0 Å². The minimum atomic E-state index is -1.11. The van der Waals surface area contributed by atoms with Crippen LogP contribution in [0.5, 0.6) is 0 Å². The lowest BCUT2D eigenvalue weighted by Crippen LogP contribution is -2.29. The maximum absolute atomic E-state index is 14.2. The summed E-state index contributed by atoms with van der Waals surface area (Å²) in [4.78, 5) is 26.2. The number of rotatable bonds is 7. The van der Waals surface area contributed by atoms with Gasteiger partial charge in [0.2, 0.25) is 0 Å². The second kappa shape index (κ2) is 8.84. The number of hydroxylamine groups is 1. The Morgan fingerprint density at radius 2 is 2.26 bits per heavy atom. The predicted octanol–water partition coefficient (Wildman–Crippen LogP) is 2.19. The van der Waals surface area contributed by atoms with Crippen molar-refractivity contribution in [3.05, 3.63) is 45.0 Å². The zero-order valence-electron chi connectivity index (χ0n) is 13.6. The normalized spacial score (nSPS) is 12.1. The predicted molar refractivity (Wildman–Crippen MR) is 106 cm³/mol. The fourth-order valence-corrected chi connectivity index (χ4v) is 3.56. The van der Waals surface area contributed by atoms with Crippen LogP contribution in [0, 0.1) is 9.39 Å². The number of hydrogen-bond acceptors (Lipinski definition) is 8. The number of halogens is 2. The number of nitrogens with zero attached hydrogens (tertiary/aromatic N) is 2. The highest BCUT2D eigenvalue weighted by molar-refractivity contribution is 14.1. The summed E-state index contributed by atoms with van der Waals surface area (Å²) in [6, 6.07) is 4.67. The number of nitrogens with one attached hydrogen (secondary N) is 2. The molecule has 0 aliphatic heterocycles. The van der Waals surface area contributed by atoms with Crippen molar-refractivity contribution < 1.29 is 24.2 Å². The molecule has 0 fully saturated rings. The molecule has 0 saturated heterocycles. The van der Waals surface area contributed by atoms with Crippen LogP contribution < -0.4 is 10.8 Å². The molecular formula is C16H14FIN4O4S. The number of thiophene rings is 1. The number of hydrogen-bond donors (Lipinski definition) is 4. The Morgan fingerprint density at radius 3 is 3.00 bits per heavy atom. The van der Waals surface area contributed by atoms with E-state index in [0.29, 0.717) is 15.9 Å². The second-order valence-corrected chi connectivity index (χ2v) is 7.62. The summed E-state index contributed by atoms with van der Waals surface area (Å²) in [5, 5.41) is 21.5. The number of aromatic nitrogens is 2. The molecule has 2 aromatic heterocycles. The summed E-state index contributed by atoms with van der Waals surface area (Å²) < 4.78 is 15.0. The standard InChI is InChI=1S/C16H14FIN4O4S/c17-11-3-8(18)1-2-12(11)21-13-10-4-19-7-20-16(10)27-14(13)15(25)22-26-6-9(24)5-23/h1-4,7,9,21,23-24H,5-6H2,(H,22,25)/t9-/m1/s1. The van der Waals surface area contributed by atoms with Gasteiger partial charge < -0.3 is 15.5 Å². The van der Waals surface area contributed by atoms with Gasteiger partial charge in [0, 0.05) is 9.77 Å². The molecule has 0 radical (unpaired) electrons. The SMILES string of the molecule is O=C(NOC[C@H](O)CO)c1sc2ncncc2c1Nc1ccc(I)cc1F. The smallest absolute Gasteiger partial charge is 0.287 e. The van der Waals surface area contributed by atoms with Gasteiger partial charge in [0.1, 0.15) is 34.6 Å². The summed E-state index contributed by atoms with van der Waals surface area (Å²) in [5.41, 5.74) is 2.74. The first-order valence-corrected chi connectivity index (χ1v) is 9.54. The number of carbonyl (C=O) groups excluding carboxylic acids is 1. The first kappa shape index (κ1) is 19.8. The van der Waals surface area contributed by atoms with Gasteiger partial charge in [0.15, 0.2) is 0 Å². The van der Waals surface area contributed by atoms with Crippen molar-refractivity contribution in [2.24, 2.45) is 0 Å². The molecule has 0 aliphatic rings. The van der Waals surface area contributed by atoms with Crippen LogP contribution in [-0.2, 0) is 4.84 Å². The summed E-state index contributed by atoms with van der Waals surface area (Å²) in [5.74, 6) is -1.07. The van der Waals surface area contributed by atoms with E-state index in [1.54, 1.807) is 12.1 Å². The van der Waals surface area contributed by atoms with E-state index in [2.05, 4.69) is 20.8 Å². The molecule has 0 bridgehead atoms. The van der Waals surface area contributed by atoms with Gasteiger partial charge in [-0.25, -0.2) is 19.8 Å². The van der Waals surface area contributed by atoms with Crippen molar-refractivity contribution in [2.45, 2.75) is 6.10 Å². The van der Waals surface area contributed by atoms with Crippen molar-refractivity contribution in [2.75, 3.05) is 18.5 Å². The first-order valence-electron chi connectivity index (χ1n) is 7.65. The van der Waals surface area contributed by atoms with Gasteiger partial charge in [-0.3, -0.25) is 9.63 Å². The van der Waals surface area contributed by atoms with Crippen LogP contribution in [-0.4, -0.2) is 45.4 Å². The van der Waals surface area contributed by atoms with Crippen LogP contribution in [0.2, 0.25) is 0 Å². The van der Waals surface area contributed by atoms with Crippen LogP contribution in [0.25, 0.3) is 10.2 Å². The quantitative estimate of drug-likeness (QED) is 0.288. The number of carbonyl (C=O) groups is 1. The summed E-state index contributed by atoms with van der Waals surface area (Å²) in [6.45, 7) is -0.769. The largest absolute Gasteiger partial charge is 0.394 e. The molecule has 1 amide bonds. The van der Waals surface area contributed by atoms with E-state index in [4.69, 9.17) is 9.94 Å². The van der Waals surface area contributed by atoms with E-state index in [1.165, 1.54) is 18.6 Å². The minimum absolute atomic E-state index is 0.199. The third kappa shape index (κ3) is 4.68. The van der Waals surface area contributed by atoms with E-state index in [9.17, 15) is 14.3 Å². The fraction of sp³-hybridized carbons (Fsp3) is 0.188. The zero-order chi connectivity index (χ0) is 19.4. The lowest BCUT2D eigenvalue weighted by atomic mass is 10.2. The monoisotopic (exact) mass is 504 g/mol. The average molecular weight is 504 g/mol. The van der Waals surface area contributed by atoms with Gasteiger partial charge in [0.05, 0.1) is 23.4 Å². The Hall–Kier alpha value is -1.93. The maximum Gasteiger partial charge on any atom is 0.287 e. The molecule has 0 spiro atoms. The van der Waals surface area contributed by atoms with Gasteiger partial charge >= 0.3 is 0 Å². The molecule has 0 unspecified atom stereocenters. The topological polar surface area (TPSA) is 117 Å². The fourth-order valence-electron chi connectivity index (χ4n) is 2.15. The molecule has 4 N–H and O–H groups in total. The average Bonchev–Trinajstić information content (AvgIpc) is 3.02. The van der Waals surface area contributed by atoms with Gasteiger partial charge in [0.25, 0.3) is 5.91 Å². The lowest BCUT2D eigenvalue weighted by molar-refractivity contribution is -0.0293. The molecule has 8 nitrogen and oxygen atoms in total. The molecule has 1 aromatic carbocycles.